The zero-order valence-corrected chi connectivity index (χ0v) is 18.4. The smallest absolute Gasteiger partial charge is 0.267 e. The number of nitrogens with two attached hydrogens (primary N) is 3. The second-order valence-electron chi connectivity index (χ2n) is 6.76. The molecule has 0 aliphatic heterocycles. The highest BCUT2D eigenvalue weighted by atomic mass is 35.5. The summed E-state index contributed by atoms with van der Waals surface area (Å²) in [5, 5.41) is 9.11. The fraction of sp³-hybridized carbons (Fsp3) is 0.143. The van der Waals surface area contributed by atoms with E-state index in [2.05, 4.69) is 19.9 Å². The van der Waals surface area contributed by atoms with Crippen LogP contribution in [0.25, 0.3) is 16.6 Å². The summed E-state index contributed by atoms with van der Waals surface area (Å²) in [6.45, 7) is 3.49. The van der Waals surface area contributed by atoms with Crippen molar-refractivity contribution in [2.45, 2.75) is 20.3 Å². The number of nitrogens with zero attached hydrogens (tertiary/aromatic N) is 6. The molecule has 0 bridgehead atoms. The van der Waals surface area contributed by atoms with E-state index in [1.807, 2.05) is 6.92 Å². The van der Waals surface area contributed by atoms with Gasteiger partial charge in [0.2, 0.25) is 5.95 Å². The number of anilines is 3. The Kier molecular flexibility index (Phi) is 6.69. The van der Waals surface area contributed by atoms with Crippen LogP contribution in [0.4, 0.5) is 22.0 Å². The van der Waals surface area contributed by atoms with Gasteiger partial charge in [-0.2, -0.15) is 15.2 Å². The van der Waals surface area contributed by atoms with E-state index in [0.29, 0.717) is 39.4 Å². The average Bonchev–Trinajstić information content (AvgIpc) is 2.76. The molecular weight excluding hydrogens is 449 g/mol. The van der Waals surface area contributed by atoms with Crippen LogP contribution in [0.1, 0.15) is 23.9 Å². The van der Waals surface area contributed by atoms with Gasteiger partial charge in [-0.25, -0.2) is 9.37 Å². The normalized spacial score (nSPS) is 10.4. The summed E-state index contributed by atoms with van der Waals surface area (Å²) in [5.41, 5.74) is 16.8. The Hall–Kier alpha value is -4.30. The largest absolute Gasteiger partial charge is 0.382 e. The number of fused-ring (bicyclic) bond motifs is 1. The lowest BCUT2D eigenvalue weighted by Crippen LogP contribution is -2.25. The summed E-state index contributed by atoms with van der Waals surface area (Å²) in [7, 11) is 0. The highest BCUT2D eigenvalue weighted by Crippen LogP contribution is 2.22. The van der Waals surface area contributed by atoms with E-state index in [1.165, 1.54) is 10.8 Å². The van der Waals surface area contributed by atoms with Crippen molar-refractivity contribution < 1.29 is 4.39 Å². The molecule has 3 aromatic heterocycles. The van der Waals surface area contributed by atoms with Gasteiger partial charge in [0, 0.05) is 12.0 Å². The Balaban J connectivity index is 0.000000235. The maximum Gasteiger partial charge on any atom is 0.267 e. The van der Waals surface area contributed by atoms with Crippen LogP contribution in [-0.4, -0.2) is 24.5 Å². The molecular formula is C21H19ClFN9O. The number of aromatic nitrogens is 5. The van der Waals surface area contributed by atoms with Crippen molar-refractivity contribution in [3.63, 3.8) is 0 Å². The van der Waals surface area contributed by atoms with Crippen molar-refractivity contribution in [2.24, 2.45) is 0 Å². The summed E-state index contributed by atoms with van der Waals surface area (Å²) < 4.78 is 15.2. The molecule has 0 saturated carbocycles. The van der Waals surface area contributed by atoms with E-state index in [1.54, 1.807) is 31.2 Å². The van der Waals surface area contributed by atoms with Crippen LogP contribution < -0.4 is 22.8 Å². The molecule has 0 spiro atoms. The van der Waals surface area contributed by atoms with Crippen LogP contribution in [0.5, 0.6) is 0 Å². The minimum absolute atomic E-state index is 0.0116. The summed E-state index contributed by atoms with van der Waals surface area (Å²) in [6.07, 6.45) is 3.11. The van der Waals surface area contributed by atoms with Gasteiger partial charge in [0.15, 0.2) is 0 Å². The molecule has 0 unspecified atom stereocenters. The summed E-state index contributed by atoms with van der Waals surface area (Å²) >= 11 is 6.15. The van der Waals surface area contributed by atoms with E-state index < -0.39 is 5.82 Å². The molecule has 33 heavy (non-hydrogen) atoms. The van der Waals surface area contributed by atoms with Crippen LogP contribution >= 0.6 is 11.6 Å². The highest BCUT2D eigenvalue weighted by molar-refractivity contribution is 6.35. The van der Waals surface area contributed by atoms with Crippen LogP contribution in [0.3, 0.4) is 0 Å². The number of benzene rings is 1. The number of aryl methyl sites for hydroxylation is 1. The van der Waals surface area contributed by atoms with Crippen molar-refractivity contribution in [3.8, 4) is 11.8 Å². The molecule has 12 heteroatoms. The van der Waals surface area contributed by atoms with Crippen molar-refractivity contribution in [1.29, 1.82) is 5.26 Å². The molecule has 4 aromatic rings. The molecule has 168 valence electrons. The molecule has 0 atom stereocenters. The molecule has 0 aliphatic rings. The average molecular weight is 468 g/mol. The molecule has 0 radical (unpaired) electrons. The van der Waals surface area contributed by atoms with Crippen LogP contribution in [0.15, 0.2) is 35.4 Å². The predicted octanol–water partition coefficient (Wildman–Crippen LogP) is 2.54. The Bertz CT molecular complexity index is 1440. The fourth-order valence-electron chi connectivity index (χ4n) is 3.07. The lowest BCUT2D eigenvalue weighted by Gasteiger charge is -2.14. The molecule has 1 aromatic carbocycles. The molecule has 4 rings (SSSR count). The van der Waals surface area contributed by atoms with Crippen LogP contribution in [-0.2, 0) is 6.42 Å². The van der Waals surface area contributed by atoms with E-state index in [0.717, 1.165) is 6.20 Å². The number of rotatable bonds is 2. The van der Waals surface area contributed by atoms with Gasteiger partial charge in [0.25, 0.3) is 5.56 Å². The van der Waals surface area contributed by atoms with Gasteiger partial charge in [0.05, 0.1) is 34.0 Å². The molecule has 3 heterocycles. The van der Waals surface area contributed by atoms with Gasteiger partial charge in [-0.1, -0.05) is 24.6 Å². The van der Waals surface area contributed by atoms with Crippen molar-refractivity contribution in [2.75, 3.05) is 17.2 Å². The Morgan fingerprint density at radius 1 is 1.15 bits per heavy atom. The first-order valence-corrected chi connectivity index (χ1v) is 9.96. The Labute approximate surface area is 192 Å². The molecule has 0 saturated heterocycles. The fourth-order valence-corrected chi connectivity index (χ4v) is 3.32. The van der Waals surface area contributed by atoms with Crippen molar-refractivity contribution in [3.05, 3.63) is 68.7 Å². The van der Waals surface area contributed by atoms with E-state index in [4.69, 9.17) is 34.1 Å². The second-order valence-corrected chi connectivity index (χ2v) is 7.17. The number of nitriles is 1. The van der Waals surface area contributed by atoms with Gasteiger partial charge in [-0.05, 0) is 19.1 Å². The minimum atomic E-state index is -0.467. The molecule has 6 N–H and O–H groups in total. The Morgan fingerprint density at radius 3 is 2.42 bits per heavy atom. The van der Waals surface area contributed by atoms with Crippen molar-refractivity contribution >= 4 is 40.1 Å². The van der Waals surface area contributed by atoms with E-state index >= 15 is 0 Å². The third-order valence-electron chi connectivity index (χ3n) is 4.69. The van der Waals surface area contributed by atoms with Crippen LogP contribution in [0, 0.1) is 24.1 Å². The minimum Gasteiger partial charge on any atom is -0.382 e. The van der Waals surface area contributed by atoms with E-state index in [-0.39, 0.29) is 28.7 Å². The van der Waals surface area contributed by atoms with Gasteiger partial charge in [0.1, 0.15) is 34.9 Å². The molecule has 0 aliphatic carbocycles. The third kappa shape index (κ3) is 4.51. The van der Waals surface area contributed by atoms with Gasteiger partial charge in [-0.3, -0.25) is 14.3 Å². The lowest BCUT2D eigenvalue weighted by molar-refractivity contribution is 0.608. The zero-order valence-electron chi connectivity index (χ0n) is 17.7. The summed E-state index contributed by atoms with van der Waals surface area (Å²) in [5.74, 6) is 0.0648. The number of nitrogen functional groups attached to an aromatic ring is 3. The quantitative estimate of drug-likeness (QED) is 0.399. The van der Waals surface area contributed by atoms with E-state index in [9.17, 15) is 9.18 Å². The monoisotopic (exact) mass is 467 g/mol. The van der Waals surface area contributed by atoms with Gasteiger partial charge in [-0.15, -0.1) is 0 Å². The maximum absolute atomic E-state index is 13.8. The van der Waals surface area contributed by atoms with Gasteiger partial charge < -0.3 is 17.2 Å². The zero-order chi connectivity index (χ0) is 24.3. The lowest BCUT2D eigenvalue weighted by atomic mass is 10.2. The number of hydrogen-bond donors (Lipinski definition) is 3. The highest BCUT2D eigenvalue weighted by Gasteiger charge is 2.16. The molecule has 10 nitrogen and oxygen atoms in total. The first-order chi connectivity index (χ1) is 15.7. The predicted molar refractivity (Wildman–Crippen MR) is 124 cm³/mol. The van der Waals surface area contributed by atoms with Crippen molar-refractivity contribution in [1.82, 2.24) is 24.5 Å². The Morgan fingerprint density at radius 2 is 1.82 bits per heavy atom. The second kappa shape index (κ2) is 9.46. The summed E-state index contributed by atoms with van der Waals surface area (Å²) in [6, 6.07) is 6.88. The summed E-state index contributed by atoms with van der Waals surface area (Å²) in [4.78, 5) is 28.3. The topological polar surface area (TPSA) is 175 Å². The number of halogens is 2. The number of pyridine rings is 1. The molecule has 0 fully saturated rings. The standard InChI is InChI=1S/C16H13ClFN3O.C5H6N6/c1-3-14-20-12-6-4-5-10(17)15(12)16(22)21(14)13-8-19-7-11(18)9(13)2;6-1-2-3(7)10-5(9)11-4(2)8/h4-8H,3H2,1-2H3;(H6,7,8,9,10,11). The first kappa shape index (κ1) is 23.4. The first-order valence-electron chi connectivity index (χ1n) is 9.58. The number of hydrogen-bond acceptors (Lipinski definition) is 9. The van der Waals surface area contributed by atoms with Gasteiger partial charge >= 0.3 is 0 Å². The van der Waals surface area contributed by atoms with Crippen LogP contribution in [0.2, 0.25) is 5.02 Å². The SMILES string of the molecule is CCc1nc2cccc(Cl)c2c(=O)n1-c1cncc(F)c1C.N#Cc1c(N)nc(N)nc1N. The maximum atomic E-state index is 13.8. The molecule has 0 amide bonds. The third-order valence-corrected chi connectivity index (χ3v) is 5.01.